The van der Waals surface area contributed by atoms with E-state index in [1.807, 2.05) is 27.7 Å². The normalized spacial score (nSPS) is 24.6. The molecule has 0 radical (unpaired) electrons. The number of nitrogens with one attached hydrogen (secondary N) is 1. The van der Waals surface area contributed by atoms with Gasteiger partial charge in [-0.2, -0.15) is 0 Å². The second-order valence-corrected chi connectivity index (χ2v) is 5.53. The smallest absolute Gasteiger partial charge is 0.410 e. The Morgan fingerprint density at radius 2 is 1.89 bits per heavy atom. The van der Waals surface area contributed by atoms with Gasteiger partial charge < -0.3 is 14.4 Å². The molecule has 0 aromatic heterocycles. The van der Waals surface area contributed by atoms with Crippen LogP contribution in [0.5, 0.6) is 0 Å². The molecule has 18 heavy (non-hydrogen) atoms. The van der Waals surface area contributed by atoms with Crippen molar-refractivity contribution >= 4 is 12.1 Å². The van der Waals surface area contributed by atoms with Crippen molar-refractivity contribution < 1.29 is 19.1 Å². The molecule has 1 aliphatic heterocycles. The number of esters is 1. The van der Waals surface area contributed by atoms with Gasteiger partial charge in [0.2, 0.25) is 0 Å². The number of hydrogen-bond donors (Lipinski definition) is 1. The number of nitrogens with zero attached hydrogens (tertiary/aromatic N) is 1. The standard InChI is InChI=1S/C12H22N2O4/c1-8-6-14(11(16)18-12(2,3)4)7-9(13-8)10(15)17-5/h8-9,13H,6-7H2,1-5H3. The summed E-state index contributed by atoms with van der Waals surface area (Å²) in [6.45, 7) is 8.14. The maximum atomic E-state index is 11.9. The first kappa shape index (κ1) is 14.8. The predicted octanol–water partition coefficient (Wildman–Crippen LogP) is 0.757. The van der Waals surface area contributed by atoms with Crippen molar-refractivity contribution in [1.82, 2.24) is 10.2 Å². The highest BCUT2D eigenvalue weighted by molar-refractivity contribution is 5.77. The van der Waals surface area contributed by atoms with E-state index in [0.29, 0.717) is 6.54 Å². The summed E-state index contributed by atoms with van der Waals surface area (Å²) in [7, 11) is 1.33. The molecule has 1 fully saturated rings. The summed E-state index contributed by atoms with van der Waals surface area (Å²) in [4.78, 5) is 25.0. The molecule has 0 bridgehead atoms. The van der Waals surface area contributed by atoms with Crippen LogP contribution in [0.3, 0.4) is 0 Å². The molecule has 0 aromatic carbocycles. The molecule has 0 aromatic rings. The number of piperazine rings is 1. The third kappa shape index (κ3) is 4.18. The highest BCUT2D eigenvalue weighted by Gasteiger charge is 2.33. The van der Waals surface area contributed by atoms with Crippen molar-refractivity contribution in [2.75, 3.05) is 20.2 Å². The summed E-state index contributed by atoms with van der Waals surface area (Å²) in [5, 5.41) is 3.09. The largest absolute Gasteiger partial charge is 0.468 e. The summed E-state index contributed by atoms with van der Waals surface area (Å²) < 4.78 is 9.98. The monoisotopic (exact) mass is 258 g/mol. The average molecular weight is 258 g/mol. The molecule has 0 spiro atoms. The summed E-state index contributed by atoms with van der Waals surface area (Å²) in [6, 6.07) is -0.471. The molecule has 6 nitrogen and oxygen atoms in total. The van der Waals surface area contributed by atoms with Crippen LogP contribution in [0.25, 0.3) is 0 Å². The van der Waals surface area contributed by atoms with E-state index in [0.717, 1.165) is 0 Å². The fraction of sp³-hybridized carbons (Fsp3) is 0.833. The molecule has 1 heterocycles. The maximum Gasteiger partial charge on any atom is 0.410 e. The zero-order valence-electron chi connectivity index (χ0n) is 11.6. The lowest BCUT2D eigenvalue weighted by Crippen LogP contribution is -2.60. The van der Waals surface area contributed by atoms with Gasteiger partial charge in [-0.1, -0.05) is 0 Å². The SMILES string of the molecule is COC(=O)C1CN(C(=O)OC(C)(C)C)CC(C)N1. The summed E-state index contributed by atoms with van der Waals surface area (Å²) >= 11 is 0. The van der Waals surface area contributed by atoms with Crippen molar-refractivity contribution in [3.05, 3.63) is 0 Å². The van der Waals surface area contributed by atoms with Crippen LogP contribution in [0.15, 0.2) is 0 Å². The van der Waals surface area contributed by atoms with Gasteiger partial charge >= 0.3 is 12.1 Å². The highest BCUT2D eigenvalue weighted by atomic mass is 16.6. The van der Waals surface area contributed by atoms with Crippen LogP contribution in [-0.2, 0) is 14.3 Å². The molecule has 104 valence electrons. The molecule has 0 aliphatic carbocycles. The van der Waals surface area contributed by atoms with Gasteiger partial charge in [0.05, 0.1) is 13.7 Å². The van der Waals surface area contributed by atoms with Crippen LogP contribution in [0, 0.1) is 0 Å². The minimum absolute atomic E-state index is 0.0235. The minimum atomic E-state index is -0.536. The van der Waals surface area contributed by atoms with Crippen LogP contribution in [-0.4, -0.2) is 54.8 Å². The molecule has 2 atom stereocenters. The van der Waals surface area contributed by atoms with Crippen LogP contribution < -0.4 is 5.32 Å². The third-order valence-electron chi connectivity index (χ3n) is 2.52. The molecule has 1 amide bonds. The van der Waals surface area contributed by atoms with Crippen molar-refractivity contribution in [3.8, 4) is 0 Å². The van der Waals surface area contributed by atoms with Gasteiger partial charge in [0.25, 0.3) is 0 Å². The van der Waals surface area contributed by atoms with E-state index in [-0.39, 0.29) is 18.6 Å². The summed E-state index contributed by atoms with van der Waals surface area (Å²) in [6.07, 6.45) is -0.398. The number of hydrogen-bond acceptors (Lipinski definition) is 5. The lowest BCUT2D eigenvalue weighted by molar-refractivity contribution is -0.144. The van der Waals surface area contributed by atoms with E-state index in [2.05, 4.69) is 10.1 Å². The average Bonchev–Trinajstić information content (AvgIpc) is 2.24. The summed E-state index contributed by atoms with van der Waals surface area (Å²) in [5.41, 5.74) is -0.536. The Kier molecular flexibility index (Phi) is 4.56. The molecular formula is C12H22N2O4. The van der Waals surface area contributed by atoms with Gasteiger partial charge in [0.1, 0.15) is 11.6 Å². The van der Waals surface area contributed by atoms with Gasteiger partial charge in [-0.3, -0.25) is 10.1 Å². The topological polar surface area (TPSA) is 67.9 Å². The molecule has 2 unspecified atom stereocenters. The van der Waals surface area contributed by atoms with E-state index in [1.54, 1.807) is 0 Å². The number of carbonyl (C=O) groups excluding carboxylic acids is 2. The van der Waals surface area contributed by atoms with Gasteiger partial charge in [-0.25, -0.2) is 4.79 Å². The zero-order valence-corrected chi connectivity index (χ0v) is 11.6. The lowest BCUT2D eigenvalue weighted by atomic mass is 10.1. The zero-order chi connectivity index (χ0) is 13.9. The number of amides is 1. The second-order valence-electron chi connectivity index (χ2n) is 5.53. The van der Waals surface area contributed by atoms with E-state index in [4.69, 9.17) is 4.74 Å². The Balaban J connectivity index is 2.66. The number of carbonyl (C=O) groups is 2. The van der Waals surface area contributed by atoms with Crippen LogP contribution >= 0.6 is 0 Å². The van der Waals surface area contributed by atoms with E-state index < -0.39 is 17.7 Å². The molecule has 0 saturated carbocycles. The van der Waals surface area contributed by atoms with Crippen molar-refractivity contribution in [2.45, 2.75) is 45.4 Å². The third-order valence-corrected chi connectivity index (χ3v) is 2.52. The van der Waals surface area contributed by atoms with E-state index in [1.165, 1.54) is 12.0 Å². The molecule has 1 N–H and O–H groups in total. The first-order valence-corrected chi connectivity index (χ1v) is 6.04. The van der Waals surface area contributed by atoms with Gasteiger partial charge in [-0.15, -0.1) is 0 Å². The van der Waals surface area contributed by atoms with Crippen molar-refractivity contribution in [2.24, 2.45) is 0 Å². The minimum Gasteiger partial charge on any atom is -0.468 e. The van der Waals surface area contributed by atoms with Gasteiger partial charge in [-0.05, 0) is 27.7 Å². The van der Waals surface area contributed by atoms with Gasteiger partial charge in [0, 0.05) is 12.6 Å². The molecule has 1 rings (SSSR count). The Hall–Kier alpha value is -1.30. The Morgan fingerprint density at radius 3 is 2.39 bits per heavy atom. The first-order valence-electron chi connectivity index (χ1n) is 6.04. The molecular weight excluding hydrogens is 236 g/mol. The Morgan fingerprint density at radius 1 is 1.28 bits per heavy atom. The number of methoxy groups -OCH3 is 1. The lowest BCUT2D eigenvalue weighted by Gasteiger charge is -2.36. The molecule has 1 saturated heterocycles. The second kappa shape index (κ2) is 5.56. The highest BCUT2D eigenvalue weighted by Crippen LogP contribution is 2.13. The fourth-order valence-electron chi connectivity index (χ4n) is 1.83. The van der Waals surface area contributed by atoms with Crippen LogP contribution in [0.4, 0.5) is 4.79 Å². The maximum absolute atomic E-state index is 11.9. The number of rotatable bonds is 1. The predicted molar refractivity (Wildman–Crippen MR) is 66.2 cm³/mol. The van der Waals surface area contributed by atoms with Gasteiger partial charge in [0.15, 0.2) is 0 Å². The first-order chi connectivity index (χ1) is 8.23. The Labute approximate surface area is 108 Å². The quantitative estimate of drug-likeness (QED) is 0.703. The number of ether oxygens (including phenoxy) is 2. The molecule has 1 aliphatic rings. The molecule has 6 heteroatoms. The summed E-state index contributed by atoms with van der Waals surface area (Å²) in [5.74, 6) is -0.366. The van der Waals surface area contributed by atoms with Crippen LogP contribution in [0.2, 0.25) is 0 Å². The van der Waals surface area contributed by atoms with E-state index >= 15 is 0 Å². The Bertz CT molecular complexity index is 325. The van der Waals surface area contributed by atoms with Crippen molar-refractivity contribution in [3.63, 3.8) is 0 Å². The fourth-order valence-corrected chi connectivity index (χ4v) is 1.83. The van der Waals surface area contributed by atoms with E-state index in [9.17, 15) is 9.59 Å². The van der Waals surface area contributed by atoms with Crippen molar-refractivity contribution in [1.29, 1.82) is 0 Å². The van der Waals surface area contributed by atoms with Crippen LogP contribution in [0.1, 0.15) is 27.7 Å².